The standard InChI is InChI=1S/C16H15FN2O5S/c17-13-3-1-2-12(10-13)15(20)18-9-8-11-4-6-14(7-5-11)25(23,24)19-16(21)22/h1-7,10,19H,8-9H2,(H,18,20)(H,21,22). The van der Waals surface area contributed by atoms with Crippen molar-refractivity contribution in [3.8, 4) is 0 Å². The smallest absolute Gasteiger partial charge is 0.418 e. The zero-order valence-corrected chi connectivity index (χ0v) is 13.7. The lowest BCUT2D eigenvalue weighted by atomic mass is 10.1. The molecule has 0 fully saturated rings. The van der Waals surface area contributed by atoms with Gasteiger partial charge >= 0.3 is 6.09 Å². The van der Waals surface area contributed by atoms with E-state index in [0.29, 0.717) is 6.42 Å². The summed E-state index contributed by atoms with van der Waals surface area (Å²) in [6.45, 7) is 0.273. The number of rotatable bonds is 6. The van der Waals surface area contributed by atoms with Gasteiger partial charge in [-0.3, -0.25) is 4.79 Å². The van der Waals surface area contributed by atoms with Crippen LogP contribution in [0.25, 0.3) is 0 Å². The van der Waals surface area contributed by atoms with Crippen LogP contribution in [0.1, 0.15) is 15.9 Å². The zero-order valence-electron chi connectivity index (χ0n) is 12.9. The minimum atomic E-state index is -4.11. The van der Waals surface area contributed by atoms with E-state index in [9.17, 15) is 22.4 Å². The van der Waals surface area contributed by atoms with E-state index >= 15 is 0 Å². The molecule has 3 N–H and O–H groups in total. The highest BCUT2D eigenvalue weighted by atomic mass is 32.2. The molecule has 25 heavy (non-hydrogen) atoms. The van der Waals surface area contributed by atoms with E-state index in [4.69, 9.17) is 5.11 Å². The van der Waals surface area contributed by atoms with Crippen molar-refractivity contribution in [1.29, 1.82) is 0 Å². The number of halogens is 1. The maximum Gasteiger partial charge on any atom is 0.418 e. The predicted molar refractivity (Wildman–Crippen MR) is 87.2 cm³/mol. The second-order valence-corrected chi connectivity index (χ2v) is 6.75. The molecule has 0 aliphatic rings. The van der Waals surface area contributed by atoms with Crippen LogP contribution in [0.5, 0.6) is 0 Å². The van der Waals surface area contributed by atoms with Crippen LogP contribution in [0.3, 0.4) is 0 Å². The molecule has 0 aliphatic heterocycles. The van der Waals surface area contributed by atoms with Crippen LogP contribution in [0.4, 0.5) is 9.18 Å². The minimum Gasteiger partial charge on any atom is -0.464 e. The molecule has 9 heteroatoms. The summed E-state index contributed by atoms with van der Waals surface area (Å²) in [6.07, 6.45) is -1.24. The van der Waals surface area contributed by atoms with E-state index < -0.39 is 27.8 Å². The second-order valence-electron chi connectivity index (χ2n) is 5.07. The quantitative estimate of drug-likeness (QED) is 0.721. The third kappa shape index (κ3) is 5.28. The van der Waals surface area contributed by atoms with Crippen molar-refractivity contribution in [2.24, 2.45) is 0 Å². The van der Waals surface area contributed by atoms with Gasteiger partial charge in [-0.05, 0) is 42.3 Å². The van der Waals surface area contributed by atoms with Crippen LogP contribution >= 0.6 is 0 Å². The van der Waals surface area contributed by atoms with E-state index in [1.165, 1.54) is 47.2 Å². The van der Waals surface area contributed by atoms with Gasteiger partial charge in [0.2, 0.25) is 0 Å². The molecule has 2 rings (SSSR count). The number of carbonyl (C=O) groups excluding carboxylic acids is 1. The normalized spacial score (nSPS) is 10.9. The Morgan fingerprint density at radius 3 is 2.36 bits per heavy atom. The first-order chi connectivity index (χ1) is 11.8. The molecule has 7 nitrogen and oxygen atoms in total. The van der Waals surface area contributed by atoms with Crippen LogP contribution in [-0.4, -0.2) is 32.1 Å². The summed E-state index contributed by atoms with van der Waals surface area (Å²) in [4.78, 5) is 22.1. The summed E-state index contributed by atoms with van der Waals surface area (Å²) in [5.74, 6) is -0.913. The van der Waals surface area contributed by atoms with Crippen LogP contribution in [-0.2, 0) is 16.4 Å². The van der Waals surface area contributed by atoms with Crippen molar-refractivity contribution >= 4 is 22.0 Å². The Labute approximate surface area is 143 Å². The Balaban J connectivity index is 1.92. The summed E-state index contributed by atoms with van der Waals surface area (Å²) in [7, 11) is -4.11. The molecule has 0 aliphatic carbocycles. The lowest BCUT2D eigenvalue weighted by Gasteiger charge is -2.07. The molecule has 0 radical (unpaired) electrons. The van der Waals surface area contributed by atoms with Crippen molar-refractivity contribution < 1.29 is 27.5 Å². The van der Waals surface area contributed by atoms with Crippen molar-refractivity contribution in [3.63, 3.8) is 0 Å². The Bertz CT molecular complexity index is 882. The van der Waals surface area contributed by atoms with Gasteiger partial charge in [-0.1, -0.05) is 18.2 Å². The lowest BCUT2D eigenvalue weighted by molar-refractivity contribution is 0.0953. The molecule has 0 atom stereocenters. The Hall–Kier alpha value is -2.94. The summed E-state index contributed by atoms with van der Waals surface area (Å²) in [5, 5.41) is 11.1. The summed E-state index contributed by atoms with van der Waals surface area (Å²) >= 11 is 0. The van der Waals surface area contributed by atoms with Gasteiger partial charge in [-0.2, -0.15) is 0 Å². The van der Waals surface area contributed by atoms with E-state index in [2.05, 4.69) is 5.32 Å². The van der Waals surface area contributed by atoms with Crippen LogP contribution in [0.2, 0.25) is 0 Å². The Kier molecular flexibility index (Phi) is 5.71. The minimum absolute atomic E-state index is 0.178. The summed E-state index contributed by atoms with van der Waals surface area (Å²) in [6, 6.07) is 10.9. The molecule has 0 aromatic heterocycles. The predicted octanol–water partition coefficient (Wildman–Crippen LogP) is 1.75. The van der Waals surface area contributed by atoms with Gasteiger partial charge in [0, 0.05) is 12.1 Å². The molecular weight excluding hydrogens is 351 g/mol. The molecule has 2 aromatic rings. The number of sulfonamides is 1. The monoisotopic (exact) mass is 366 g/mol. The van der Waals surface area contributed by atoms with Gasteiger partial charge in [0.05, 0.1) is 4.90 Å². The van der Waals surface area contributed by atoms with Crippen LogP contribution < -0.4 is 10.0 Å². The van der Waals surface area contributed by atoms with Gasteiger partial charge in [0.15, 0.2) is 0 Å². The van der Waals surface area contributed by atoms with Crippen molar-refractivity contribution in [3.05, 3.63) is 65.5 Å². The number of amides is 2. The van der Waals surface area contributed by atoms with Crippen LogP contribution in [0.15, 0.2) is 53.4 Å². The average Bonchev–Trinajstić information content (AvgIpc) is 2.54. The molecule has 0 heterocycles. The Morgan fingerprint density at radius 1 is 1.08 bits per heavy atom. The van der Waals surface area contributed by atoms with Crippen LogP contribution in [0, 0.1) is 5.82 Å². The molecule has 0 bridgehead atoms. The van der Waals surface area contributed by atoms with Crippen molar-refractivity contribution in [2.45, 2.75) is 11.3 Å². The third-order valence-electron chi connectivity index (χ3n) is 3.24. The van der Waals surface area contributed by atoms with E-state index in [1.807, 2.05) is 0 Å². The fourth-order valence-electron chi connectivity index (χ4n) is 2.06. The first kappa shape index (κ1) is 18.4. The number of hydrogen-bond donors (Lipinski definition) is 3. The summed E-state index contributed by atoms with van der Waals surface area (Å²) in [5.41, 5.74) is 0.954. The van der Waals surface area contributed by atoms with Gasteiger partial charge in [-0.15, -0.1) is 0 Å². The SMILES string of the molecule is O=C(O)NS(=O)(=O)c1ccc(CCNC(=O)c2cccc(F)c2)cc1. The van der Waals surface area contributed by atoms with E-state index in [-0.39, 0.29) is 17.0 Å². The van der Waals surface area contributed by atoms with Crippen molar-refractivity contribution in [2.75, 3.05) is 6.54 Å². The lowest BCUT2D eigenvalue weighted by Crippen LogP contribution is -2.28. The number of carboxylic acid groups (broad SMARTS) is 1. The van der Waals surface area contributed by atoms with Gasteiger partial charge in [0.25, 0.3) is 15.9 Å². The Morgan fingerprint density at radius 2 is 1.76 bits per heavy atom. The molecular formula is C16H15FN2O5S. The highest BCUT2D eigenvalue weighted by Crippen LogP contribution is 2.11. The van der Waals surface area contributed by atoms with Gasteiger partial charge in [-0.25, -0.2) is 22.3 Å². The maximum absolute atomic E-state index is 13.1. The molecule has 0 saturated heterocycles. The fourth-order valence-corrected chi connectivity index (χ4v) is 2.90. The largest absolute Gasteiger partial charge is 0.464 e. The molecule has 0 saturated carbocycles. The van der Waals surface area contributed by atoms with Gasteiger partial charge in [0.1, 0.15) is 5.82 Å². The second kappa shape index (κ2) is 7.75. The maximum atomic E-state index is 13.1. The third-order valence-corrected chi connectivity index (χ3v) is 4.58. The number of carbonyl (C=O) groups is 2. The topological polar surface area (TPSA) is 113 Å². The number of nitrogens with one attached hydrogen (secondary N) is 2. The molecule has 132 valence electrons. The number of benzene rings is 2. The average molecular weight is 366 g/mol. The van der Waals surface area contributed by atoms with Crippen molar-refractivity contribution in [1.82, 2.24) is 10.0 Å². The summed E-state index contributed by atoms with van der Waals surface area (Å²) < 4.78 is 37.8. The first-order valence-corrected chi connectivity index (χ1v) is 8.65. The number of hydrogen-bond acceptors (Lipinski definition) is 4. The first-order valence-electron chi connectivity index (χ1n) is 7.16. The highest BCUT2D eigenvalue weighted by molar-refractivity contribution is 7.90. The molecule has 0 unspecified atom stereocenters. The zero-order chi connectivity index (χ0) is 18.4. The van der Waals surface area contributed by atoms with Gasteiger partial charge < -0.3 is 10.4 Å². The molecule has 0 spiro atoms. The molecule has 2 aromatic carbocycles. The fraction of sp³-hybridized carbons (Fsp3) is 0.125. The van der Waals surface area contributed by atoms with E-state index in [1.54, 1.807) is 0 Å². The highest BCUT2D eigenvalue weighted by Gasteiger charge is 2.16. The molecule has 2 amide bonds. The van der Waals surface area contributed by atoms with E-state index in [0.717, 1.165) is 11.6 Å².